The van der Waals surface area contributed by atoms with E-state index in [1.165, 1.54) is 18.4 Å². The number of rotatable bonds is 4. The Bertz CT molecular complexity index is 201. The molecule has 0 heterocycles. The van der Waals surface area contributed by atoms with Gasteiger partial charge in [0.1, 0.15) is 0 Å². The number of benzene rings is 1. The Morgan fingerprint density at radius 3 is 2.42 bits per heavy atom. The Kier molecular flexibility index (Phi) is 3.86. The van der Waals surface area contributed by atoms with Gasteiger partial charge in [-0.25, -0.2) is 0 Å². The van der Waals surface area contributed by atoms with E-state index in [1.54, 1.807) is 0 Å². The van der Waals surface area contributed by atoms with Crippen molar-refractivity contribution in [2.24, 2.45) is 0 Å². The molecular weight excluding hydrogens is 144 g/mol. The first-order valence-electron chi connectivity index (χ1n) is 4.72. The average Bonchev–Trinajstić information content (AvgIpc) is 2.15. The maximum Gasteiger partial charge on any atom is -0.0165 e. The highest BCUT2D eigenvalue weighted by Crippen LogP contribution is 2.23. The molecule has 0 spiro atoms. The summed E-state index contributed by atoms with van der Waals surface area (Å²) in [6.45, 7) is 6.14. The van der Waals surface area contributed by atoms with Crippen molar-refractivity contribution in [1.82, 2.24) is 0 Å². The Balaban J connectivity index is 2.66. The summed E-state index contributed by atoms with van der Waals surface area (Å²) < 4.78 is 0. The first-order valence-corrected chi connectivity index (χ1v) is 4.72. The Morgan fingerprint density at radius 1 is 1.25 bits per heavy atom. The van der Waals surface area contributed by atoms with Crippen LogP contribution in [0.15, 0.2) is 30.3 Å². The first kappa shape index (κ1) is 9.31. The molecule has 0 fully saturated rings. The zero-order chi connectivity index (χ0) is 8.81. The van der Waals surface area contributed by atoms with Crippen LogP contribution in [0.25, 0.3) is 0 Å². The van der Waals surface area contributed by atoms with Gasteiger partial charge in [-0.05, 0) is 24.3 Å². The van der Waals surface area contributed by atoms with Crippen molar-refractivity contribution in [3.8, 4) is 0 Å². The van der Waals surface area contributed by atoms with Gasteiger partial charge in [0.05, 0.1) is 0 Å². The SMILES string of the molecule is [CH2]CC[C@@H](CC)c1ccccc1. The molecule has 1 radical (unpaired) electrons. The second-order valence-corrected chi connectivity index (χ2v) is 3.16. The predicted octanol–water partition coefficient (Wildman–Crippen LogP) is 3.79. The van der Waals surface area contributed by atoms with Crippen molar-refractivity contribution in [3.63, 3.8) is 0 Å². The average molecular weight is 161 g/mol. The van der Waals surface area contributed by atoms with E-state index in [-0.39, 0.29) is 0 Å². The second-order valence-electron chi connectivity index (χ2n) is 3.16. The van der Waals surface area contributed by atoms with Crippen LogP contribution in [0.4, 0.5) is 0 Å². The monoisotopic (exact) mass is 161 g/mol. The fourth-order valence-corrected chi connectivity index (χ4v) is 1.58. The van der Waals surface area contributed by atoms with E-state index < -0.39 is 0 Å². The van der Waals surface area contributed by atoms with Crippen LogP contribution in [0.1, 0.15) is 37.7 Å². The molecule has 12 heavy (non-hydrogen) atoms. The van der Waals surface area contributed by atoms with Gasteiger partial charge in [-0.15, -0.1) is 0 Å². The van der Waals surface area contributed by atoms with E-state index in [1.807, 2.05) is 0 Å². The van der Waals surface area contributed by atoms with Crippen LogP contribution in [0.2, 0.25) is 0 Å². The lowest BCUT2D eigenvalue weighted by molar-refractivity contribution is 0.612. The van der Waals surface area contributed by atoms with Gasteiger partial charge in [-0.3, -0.25) is 0 Å². The van der Waals surface area contributed by atoms with Crippen molar-refractivity contribution >= 4 is 0 Å². The lowest BCUT2D eigenvalue weighted by Gasteiger charge is -2.13. The van der Waals surface area contributed by atoms with E-state index >= 15 is 0 Å². The highest BCUT2D eigenvalue weighted by Gasteiger charge is 2.06. The van der Waals surface area contributed by atoms with Crippen LogP contribution < -0.4 is 0 Å². The van der Waals surface area contributed by atoms with Gasteiger partial charge >= 0.3 is 0 Å². The largest absolute Gasteiger partial charge is 0.0648 e. The maximum atomic E-state index is 3.90. The molecule has 0 saturated carbocycles. The molecule has 1 atom stereocenters. The van der Waals surface area contributed by atoms with Crippen LogP contribution in [0, 0.1) is 6.92 Å². The molecule has 0 bridgehead atoms. The molecule has 0 aliphatic heterocycles. The number of hydrogen-bond acceptors (Lipinski definition) is 0. The minimum absolute atomic E-state index is 0.712. The summed E-state index contributed by atoms with van der Waals surface area (Å²) in [6, 6.07) is 10.7. The van der Waals surface area contributed by atoms with E-state index in [9.17, 15) is 0 Å². The zero-order valence-corrected chi connectivity index (χ0v) is 7.79. The highest BCUT2D eigenvalue weighted by molar-refractivity contribution is 5.19. The predicted molar refractivity (Wildman–Crippen MR) is 54.1 cm³/mol. The Labute approximate surface area is 75.6 Å². The summed E-state index contributed by atoms with van der Waals surface area (Å²) >= 11 is 0. The molecule has 0 aliphatic carbocycles. The van der Waals surface area contributed by atoms with Crippen molar-refractivity contribution in [2.75, 3.05) is 0 Å². The molecule has 1 rings (SSSR count). The zero-order valence-electron chi connectivity index (χ0n) is 7.79. The smallest absolute Gasteiger partial charge is 0.0165 e. The standard InChI is InChI=1S/C12H17/c1-3-8-11(4-2)12-9-6-5-7-10-12/h5-7,9-11H,1,3-4,8H2,2H3/t11-/m1/s1. The van der Waals surface area contributed by atoms with E-state index in [0.717, 1.165) is 6.42 Å². The fraction of sp³-hybridized carbons (Fsp3) is 0.417. The molecule has 65 valence electrons. The third-order valence-corrected chi connectivity index (χ3v) is 2.32. The molecular formula is C12H17. The van der Waals surface area contributed by atoms with Gasteiger partial charge in [0.25, 0.3) is 0 Å². The van der Waals surface area contributed by atoms with Crippen molar-refractivity contribution in [2.45, 2.75) is 32.1 Å². The van der Waals surface area contributed by atoms with Gasteiger partial charge in [0.2, 0.25) is 0 Å². The molecule has 0 nitrogen and oxygen atoms in total. The van der Waals surface area contributed by atoms with Gasteiger partial charge in [0.15, 0.2) is 0 Å². The van der Waals surface area contributed by atoms with Crippen molar-refractivity contribution in [3.05, 3.63) is 42.8 Å². The van der Waals surface area contributed by atoms with Crippen LogP contribution >= 0.6 is 0 Å². The molecule has 1 aromatic carbocycles. The minimum atomic E-state index is 0.712. The normalized spacial score (nSPS) is 12.8. The van der Waals surface area contributed by atoms with Crippen LogP contribution in [0.5, 0.6) is 0 Å². The molecule has 0 aliphatic rings. The third-order valence-electron chi connectivity index (χ3n) is 2.32. The summed E-state index contributed by atoms with van der Waals surface area (Å²) in [5.41, 5.74) is 1.46. The molecule has 0 saturated heterocycles. The quantitative estimate of drug-likeness (QED) is 0.630. The summed E-state index contributed by atoms with van der Waals surface area (Å²) in [6.07, 6.45) is 3.47. The summed E-state index contributed by atoms with van der Waals surface area (Å²) in [5.74, 6) is 0.712. The van der Waals surface area contributed by atoms with E-state index in [2.05, 4.69) is 44.2 Å². The second kappa shape index (κ2) is 4.97. The molecule has 0 aromatic heterocycles. The molecule has 0 amide bonds. The lowest BCUT2D eigenvalue weighted by atomic mass is 9.92. The molecule has 0 unspecified atom stereocenters. The minimum Gasteiger partial charge on any atom is -0.0648 e. The molecule has 1 aromatic rings. The number of hydrogen-bond donors (Lipinski definition) is 0. The summed E-state index contributed by atoms with van der Waals surface area (Å²) in [7, 11) is 0. The van der Waals surface area contributed by atoms with Crippen molar-refractivity contribution in [1.29, 1.82) is 0 Å². The van der Waals surface area contributed by atoms with E-state index in [0.29, 0.717) is 5.92 Å². The molecule has 0 heteroatoms. The van der Waals surface area contributed by atoms with Gasteiger partial charge in [0, 0.05) is 0 Å². The van der Waals surface area contributed by atoms with Crippen LogP contribution in [-0.2, 0) is 0 Å². The van der Waals surface area contributed by atoms with Crippen molar-refractivity contribution < 1.29 is 0 Å². The van der Waals surface area contributed by atoms with Gasteiger partial charge in [-0.1, -0.05) is 50.6 Å². The maximum absolute atomic E-state index is 3.90. The summed E-state index contributed by atoms with van der Waals surface area (Å²) in [5, 5.41) is 0. The Morgan fingerprint density at radius 2 is 1.92 bits per heavy atom. The Hall–Kier alpha value is -0.780. The highest BCUT2D eigenvalue weighted by atomic mass is 14.1. The lowest BCUT2D eigenvalue weighted by Crippen LogP contribution is -1.95. The summed E-state index contributed by atoms with van der Waals surface area (Å²) in [4.78, 5) is 0. The topological polar surface area (TPSA) is 0 Å². The fourth-order valence-electron chi connectivity index (χ4n) is 1.58. The van der Waals surface area contributed by atoms with Crippen LogP contribution in [-0.4, -0.2) is 0 Å². The third kappa shape index (κ3) is 2.37. The molecule has 0 N–H and O–H groups in total. The van der Waals surface area contributed by atoms with Gasteiger partial charge in [-0.2, -0.15) is 0 Å². The van der Waals surface area contributed by atoms with E-state index in [4.69, 9.17) is 0 Å². The first-order chi connectivity index (χ1) is 5.88. The van der Waals surface area contributed by atoms with Crippen LogP contribution in [0.3, 0.4) is 0 Å². The van der Waals surface area contributed by atoms with Gasteiger partial charge < -0.3 is 0 Å².